The Morgan fingerprint density at radius 2 is 1.64 bits per heavy atom. The van der Waals surface area contributed by atoms with E-state index in [0.29, 0.717) is 39.0 Å². The Bertz CT molecular complexity index is 2360. The lowest BCUT2D eigenvalue weighted by Crippen LogP contribution is -2.53. The molecule has 3 heterocycles. The predicted molar refractivity (Wildman–Crippen MR) is 191 cm³/mol. The van der Waals surface area contributed by atoms with Crippen LogP contribution >= 0.6 is 23.2 Å². The summed E-state index contributed by atoms with van der Waals surface area (Å²) in [5.41, 5.74) is 0.776. The number of carbonyl (C=O) groups is 4. The van der Waals surface area contributed by atoms with Gasteiger partial charge in [0.05, 0.1) is 44.4 Å². The third kappa shape index (κ3) is 5.55. The number of phenolic OH excluding ortho intramolecular Hbond substituents is 1. The molecule has 1 aromatic heterocycles. The number of allylic oxidation sites excluding steroid dienone is 2. The van der Waals surface area contributed by atoms with Crippen LogP contribution in [0.15, 0.2) is 96.7 Å². The molecule has 8 rings (SSSR count). The van der Waals surface area contributed by atoms with Crippen molar-refractivity contribution in [1.29, 1.82) is 0 Å². The third-order valence-corrected chi connectivity index (χ3v) is 11.6. The second-order valence-electron chi connectivity index (χ2n) is 13.8. The molecule has 3 fully saturated rings. The highest BCUT2D eigenvalue weighted by Crippen LogP contribution is 2.64. The number of pyridine rings is 1. The van der Waals surface area contributed by atoms with Gasteiger partial charge in [-0.2, -0.15) is 18.2 Å². The van der Waals surface area contributed by atoms with Crippen LogP contribution in [0.4, 0.5) is 30.4 Å². The van der Waals surface area contributed by atoms with Crippen LogP contribution in [0.3, 0.4) is 0 Å². The number of carbonyl (C=O) groups excluding carboxylic acids is 4. The molecule has 0 unspecified atom stereocenters. The van der Waals surface area contributed by atoms with Crippen LogP contribution in [0.1, 0.15) is 35.4 Å². The standard InChI is InChI=1S/C38H26Cl2F3N5O7/c39-21-8-6-19(7-9-21)37-28(34(51)47(36(37)53)45-32-29(40)14-20(17-44-32)38(41,42)43)16-27-25(31(37)18-4-10-24(49)11-5-18)12-13-26-30(27)35(52)46(33(26)50)22-2-1-3-23(15-22)48(54)55/h1-12,14-15,17,26-28,30-31,49H,13,16H2,(H,44,45)/t26-,27+,28-,30-,31-,37+/m0/s1. The molecule has 3 aromatic carbocycles. The quantitative estimate of drug-likeness (QED) is 0.0889. The summed E-state index contributed by atoms with van der Waals surface area (Å²) in [4.78, 5) is 74.0. The number of non-ortho nitro benzene ring substituents is 1. The van der Waals surface area contributed by atoms with E-state index in [4.69, 9.17) is 23.2 Å². The van der Waals surface area contributed by atoms with Crippen LogP contribution in [-0.4, -0.2) is 43.7 Å². The van der Waals surface area contributed by atoms with Gasteiger partial charge in [0.15, 0.2) is 5.82 Å². The number of aromatic nitrogens is 1. The van der Waals surface area contributed by atoms with E-state index in [2.05, 4.69) is 10.4 Å². The molecular weight excluding hydrogens is 766 g/mol. The monoisotopic (exact) mass is 791 g/mol. The van der Waals surface area contributed by atoms with E-state index < -0.39 is 86.1 Å². The molecule has 1 saturated carbocycles. The van der Waals surface area contributed by atoms with Crippen molar-refractivity contribution in [3.05, 3.63) is 134 Å². The summed E-state index contributed by atoms with van der Waals surface area (Å²) in [6.45, 7) is 0. The second-order valence-corrected chi connectivity index (χ2v) is 14.6. The van der Waals surface area contributed by atoms with Crippen molar-refractivity contribution in [2.24, 2.45) is 23.7 Å². The lowest BCUT2D eigenvalue weighted by Gasteiger charge is -2.50. The first-order chi connectivity index (χ1) is 26.1. The molecule has 55 heavy (non-hydrogen) atoms. The van der Waals surface area contributed by atoms with Crippen LogP contribution in [-0.2, 0) is 30.8 Å². The first-order valence-electron chi connectivity index (χ1n) is 16.9. The van der Waals surface area contributed by atoms with Crippen molar-refractivity contribution in [3.8, 4) is 5.75 Å². The molecule has 280 valence electrons. The average Bonchev–Trinajstić information content (AvgIpc) is 3.53. The fourth-order valence-electron chi connectivity index (χ4n) is 8.82. The average molecular weight is 793 g/mol. The maximum Gasteiger partial charge on any atom is 0.417 e. The van der Waals surface area contributed by atoms with Crippen molar-refractivity contribution in [1.82, 2.24) is 9.99 Å². The number of nitro groups is 1. The number of nitrogens with one attached hydrogen (secondary N) is 1. The molecule has 2 saturated heterocycles. The Hall–Kier alpha value is -5.80. The molecule has 0 bridgehead atoms. The zero-order chi connectivity index (χ0) is 39.1. The Morgan fingerprint density at radius 3 is 2.29 bits per heavy atom. The van der Waals surface area contributed by atoms with Gasteiger partial charge < -0.3 is 5.11 Å². The molecule has 0 spiro atoms. The maximum atomic E-state index is 15.2. The molecule has 0 radical (unpaired) electrons. The predicted octanol–water partition coefficient (Wildman–Crippen LogP) is 7.21. The van der Waals surface area contributed by atoms with Gasteiger partial charge in [0.1, 0.15) is 5.75 Å². The fourth-order valence-corrected chi connectivity index (χ4v) is 9.16. The first kappa shape index (κ1) is 36.2. The zero-order valence-corrected chi connectivity index (χ0v) is 29.5. The van der Waals surface area contributed by atoms with Gasteiger partial charge in [-0.1, -0.05) is 65.2 Å². The highest BCUT2D eigenvalue weighted by Gasteiger charge is 2.70. The molecule has 2 aliphatic heterocycles. The van der Waals surface area contributed by atoms with Crippen molar-refractivity contribution < 1.29 is 42.4 Å². The number of alkyl halides is 3. The molecule has 4 aliphatic rings. The number of hydrazine groups is 1. The minimum atomic E-state index is -4.77. The number of aromatic hydroxyl groups is 1. The number of nitro benzene ring substituents is 1. The molecular formula is C38H26Cl2F3N5O7. The smallest absolute Gasteiger partial charge is 0.417 e. The first-order valence-corrected chi connectivity index (χ1v) is 17.6. The van der Waals surface area contributed by atoms with Crippen LogP contribution in [0.5, 0.6) is 5.75 Å². The lowest BCUT2D eigenvalue weighted by atomic mass is 9.49. The van der Waals surface area contributed by atoms with E-state index in [9.17, 15) is 42.8 Å². The van der Waals surface area contributed by atoms with E-state index >= 15 is 4.79 Å². The van der Waals surface area contributed by atoms with Gasteiger partial charge >= 0.3 is 6.18 Å². The third-order valence-electron chi connectivity index (χ3n) is 11.1. The molecule has 12 nitrogen and oxygen atoms in total. The SMILES string of the molecule is O=C1[C@@H]2C[C@@H]3C(=CC[C@@H]4C(=O)N(c5cccc([N+](=O)[O-])c5)C(=O)[C@@H]43)[C@H](c3ccc(O)cc3)[C@]2(c2ccc(Cl)cc2)C(=O)N1Nc1ncc(C(F)(F)F)cc1Cl. The fraction of sp³-hybridized carbons (Fsp3) is 0.237. The summed E-state index contributed by atoms with van der Waals surface area (Å²) in [5.74, 6) is -8.21. The van der Waals surface area contributed by atoms with E-state index in [-0.39, 0.29) is 30.0 Å². The summed E-state index contributed by atoms with van der Waals surface area (Å²) in [6, 6.07) is 18.0. The molecule has 17 heteroatoms. The minimum absolute atomic E-state index is 0.0185. The van der Waals surface area contributed by atoms with Gasteiger partial charge in [-0.3, -0.25) is 34.7 Å². The highest BCUT2D eigenvalue weighted by molar-refractivity contribution is 6.33. The highest BCUT2D eigenvalue weighted by atomic mass is 35.5. The van der Waals surface area contributed by atoms with Crippen LogP contribution in [0, 0.1) is 33.8 Å². The Labute approximate surface area is 319 Å². The lowest BCUT2D eigenvalue weighted by molar-refractivity contribution is -0.384. The molecule has 4 aromatic rings. The number of rotatable bonds is 6. The van der Waals surface area contributed by atoms with Gasteiger partial charge in [0.25, 0.3) is 17.5 Å². The van der Waals surface area contributed by atoms with Gasteiger partial charge in [0.2, 0.25) is 11.8 Å². The van der Waals surface area contributed by atoms with Crippen molar-refractivity contribution in [2.75, 3.05) is 10.3 Å². The van der Waals surface area contributed by atoms with Crippen molar-refractivity contribution in [2.45, 2.75) is 30.4 Å². The molecule has 2 N–H and O–H groups in total. The molecule has 2 aliphatic carbocycles. The van der Waals surface area contributed by atoms with Gasteiger partial charge in [-0.05, 0) is 66.3 Å². The van der Waals surface area contributed by atoms with Gasteiger partial charge in [0, 0.05) is 29.3 Å². The largest absolute Gasteiger partial charge is 0.508 e. The second kappa shape index (κ2) is 12.9. The van der Waals surface area contributed by atoms with E-state index in [1.807, 2.05) is 0 Å². The number of fused-ring (bicyclic) bond motifs is 4. The Morgan fingerprint density at radius 1 is 0.927 bits per heavy atom. The van der Waals surface area contributed by atoms with Gasteiger partial charge in [-0.25, -0.2) is 9.88 Å². The van der Waals surface area contributed by atoms with E-state index in [1.54, 1.807) is 42.5 Å². The number of hydrogen-bond acceptors (Lipinski definition) is 9. The summed E-state index contributed by atoms with van der Waals surface area (Å²) in [7, 11) is 0. The number of nitrogens with zero attached hydrogens (tertiary/aromatic N) is 4. The van der Waals surface area contributed by atoms with Crippen LogP contribution in [0.25, 0.3) is 0 Å². The number of anilines is 2. The number of benzene rings is 3. The molecule has 6 atom stereocenters. The number of phenols is 1. The minimum Gasteiger partial charge on any atom is -0.508 e. The number of halogens is 5. The number of hydrogen-bond donors (Lipinski definition) is 2. The van der Waals surface area contributed by atoms with E-state index in [0.717, 1.165) is 11.0 Å². The maximum absolute atomic E-state index is 15.2. The van der Waals surface area contributed by atoms with Gasteiger partial charge in [-0.15, -0.1) is 0 Å². The van der Waals surface area contributed by atoms with E-state index in [1.165, 1.54) is 30.3 Å². The van der Waals surface area contributed by atoms with Crippen molar-refractivity contribution >= 4 is 64.0 Å². The summed E-state index contributed by atoms with van der Waals surface area (Å²) >= 11 is 12.5. The summed E-state index contributed by atoms with van der Waals surface area (Å²) in [6.07, 6.45) is -2.52. The Kier molecular flexibility index (Phi) is 8.50. The van der Waals surface area contributed by atoms with Crippen molar-refractivity contribution in [3.63, 3.8) is 0 Å². The summed E-state index contributed by atoms with van der Waals surface area (Å²) < 4.78 is 40.3. The number of imide groups is 2. The Balaban J connectivity index is 1.29. The molecule has 4 amide bonds. The van der Waals surface area contributed by atoms with Crippen LogP contribution in [0.2, 0.25) is 10.0 Å². The number of amides is 4. The normalized spacial score (nSPS) is 26.1. The zero-order valence-electron chi connectivity index (χ0n) is 28.0. The topological polar surface area (TPSA) is 163 Å². The van der Waals surface area contributed by atoms with Crippen LogP contribution < -0.4 is 10.3 Å². The summed E-state index contributed by atoms with van der Waals surface area (Å²) in [5, 5.41) is 22.3.